The summed E-state index contributed by atoms with van der Waals surface area (Å²) in [6.45, 7) is 6.18. The quantitative estimate of drug-likeness (QED) is 0.607. The first-order valence-electron chi connectivity index (χ1n) is 7.33. The van der Waals surface area contributed by atoms with Gasteiger partial charge in [-0.25, -0.2) is 9.59 Å². The SMILES string of the molecule is CCOc1cc(CNC(C)COC)ccc1OC.O=C(O)C(=O)O. The molecule has 1 aromatic rings. The lowest BCUT2D eigenvalue weighted by Gasteiger charge is -2.14. The van der Waals surface area contributed by atoms with Gasteiger partial charge in [0.2, 0.25) is 0 Å². The summed E-state index contributed by atoms with van der Waals surface area (Å²) in [5.74, 6) is -2.09. The lowest BCUT2D eigenvalue weighted by atomic mass is 10.2. The van der Waals surface area contributed by atoms with Crippen LogP contribution < -0.4 is 14.8 Å². The third-order valence-corrected chi connectivity index (χ3v) is 2.78. The highest BCUT2D eigenvalue weighted by molar-refractivity contribution is 6.27. The van der Waals surface area contributed by atoms with Crippen LogP contribution in [0.2, 0.25) is 0 Å². The van der Waals surface area contributed by atoms with Crippen molar-refractivity contribution in [2.24, 2.45) is 0 Å². The van der Waals surface area contributed by atoms with Crippen molar-refractivity contribution in [3.63, 3.8) is 0 Å². The molecule has 3 N–H and O–H groups in total. The normalized spacial score (nSPS) is 11.0. The number of carbonyl (C=O) groups is 2. The lowest BCUT2D eigenvalue weighted by molar-refractivity contribution is -0.159. The summed E-state index contributed by atoms with van der Waals surface area (Å²) in [6, 6.07) is 6.30. The fourth-order valence-corrected chi connectivity index (χ4v) is 1.70. The molecular weight excluding hydrogens is 318 g/mol. The molecule has 24 heavy (non-hydrogen) atoms. The number of nitrogens with one attached hydrogen (secondary N) is 1. The largest absolute Gasteiger partial charge is 0.493 e. The second-order valence-corrected chi connectivity index (χ2v) is 4.77. The van der Waals surface area contributed by atoms with Crippen LogP contribution in [0.25, 0.3) is 0 Å². The number of hydrogen-bond donors (Lipinski definition) is 3. The highest BCUT2D eigenvalue weighted by Crippen LogP contribution is 2.27. The topological polar surface area (TPSA) is 114 Å². The molecule has 136 valence electrons. The number of hydrogen-bond acceptors (Lipinski definition) is 6. The van der Waals surface area contributed by atoms with E-state index in [4.69, 9.17) is 34.0 Å². The number of methoxy groups -OCH3 is 2. The van der Waals surface area contributed by atoms with E-state index in [1.165, 1.54) is 5.56 Å². The van der Waals surface area contributed by atoms with Gasteiger partial charge in [0.25, 0.3) is 0 Å². The number of benzene rings is 1. The first kappa shape index (κ1) is 21.7. The van der Waals surface area contributed by atoms with E-state index in [-0.39, 0.29) is 0 Å². The van der Waals surface area contributed by atoms with E-state index in [0.29, 0.717) is 19.3 Å². The monoisotopic (exact) mass is 343 g/mol. The minimum absolute atomic E-state index is 0.327. The molecule has 0 spiro atoms. The van der Waals surface area contributed by atoms with Crippen LogP contribution >= 0.6 is 0 Å². The molecule has 1 aromatic carbocycles. The van der Waals surface area contributed by atoms with Crippen molar-refractivity contribution >= 4 is 11.9 Å². The maximum absolute atomic E-state index is 9.10. The van der Waals surface area contributed by atoms with Crippen LogP contribution in [0, 0.1) is 0 Å². The summed E-state index contributed by atoms with van der Waals surface area (Å²) in [5, 5.41) is 18.2. The standard InChI is InChI=1S/C14H23NO3.C2H2O4/c1-5-18-14-8-12(6-7-13(14)17-4)9-15-11(2)10-16-3;3-1(4)2(5)6/h6-8,11,15H,5,9-10H2,1-4H3;(H,3,4)(H,5,6). The molecule has 1 rings (SSSR count). The number of carboxylic acid groups (broad SMARTS) is 2. The molecule has 0 aliphatic carbocycles. The molecular formula is C16H25NO7. The zero-order valence-corrected chi connectivity index (χ0v) is 14.4. The molecule has 0 saturated heterocycles. The summed E-state index contributed by atoms with van der Waals surface area (Å²) in [4.78, 5) is 18.2. The lowest BCUT2D eigenvalue weighted by Crippen LogP contribution is -2.29. The van der Waals surface area contributed by atoms with Crippen LogP contribution in [0.1, 0.15) is 19.4 Å². The van der Waals surface area contributed by atoms with Gasteiger partial charge >= 0.3 is 11.9 Å². The van der Waals surface area contributed by atoms with Gasteiger partial charge in [0.1, 0.15) is 0 Å². The zero-order chi connectivity index (χ0) is 18.5. The molecule has 1 unspecified atom stereocenters. The summed E-state index contributed by atoms with van der Waals surface area (Å²) in [7, 11) is 3.36. The van der Waals surface area contributed by atoms with Gasteiger partial charge in [0.05, 0.1) is 20.3 Å². The van der Waals surface area contributed by atoms with Crippen LogP contribution in [0.15, 0.2) is 18.2 Å². The number of aliphatic carboxylic acids is 2. The summed E-state index contributed by atoms with van der Waals surface area (Å²) >= 11 is 0. The Labute approximate surface area is 141 Å². The Morgan fingerprint density at radius 1 is 1.17 bits per heavy atom. The number of ether oxygens (including phenoxy) is 3. The van der Waals surface area contributed by atoms with Crippen molar-refractivity contribution < 1.29 is 34.0 Å². The highest BCUT2D eigenvalue weighted by Gasteiger charge is 2.06. The molecule has 0 saturated carbocycles. The Bertz CT molecular complexity index is 507. The van der Waals surface area contributed by atoms with Gasteiger partial charge in [-0.3, -0.25) is 0 Å². The van der Waals surface area contributed by atoms with E-state index in [9.17, 15) is 0 Å². The first-order valence-corrected chi connectivity index (χ1v) is 7.33. The maximum Gasteiger partial charge on any atom is 0.414 e. The maximum atomic E-state index is 9.10. The summed E-state index contributed by atoms with van der Waals surface area (Å²) in [6.07, 6.45) is 0. The molecule has 0 amide bonds. The molecule has 8 nitrogen and oxygen atoms in total. The zero-order valence-electron chi connectivity index (χ0n) is 14.4. The van der Waals surface area contributed by atoms with Crippen molar-refractivity contribution in [3.8, 4) is 11.5 Å². The second kappa shape index (κ2) is 12.1. The Morgan fingerprint density at radius 2 is 1.79 bits per heavy atom. The summed E-state index contributed by atoms with van der Waals surface area (Å²) < 4.78 is 15.9. The Morgan fingerprint density at radius 3 is 2.25 bits per heavy atom. The molecule has 0 heterocycles. The Hall–Kier alpha value is -2.32. The van der Waals surface area contributed by atoms with E-state index in [2.05, 4.69) is 12.2 Å². The van der Waals surface area contributed by atoms with E-state index in [1.807, 2.05) is 25.1 Å². The number of carboxylic acids is 2. The molecule has 0 aliphatic rings. The van der Waals surface area contributed by atoms with Crippen LogP contribution in [0.5, 0.6) is 11.5 Å². The minimum atomic E-state index is -1.82. The first-order chi connectivity index (χ1) is 11.3. The number of rotatable bonds is 8. The van der Waals surface area contributed by atoms with Gasteiger partial charge in [-0.05, 0) is 31.5 Å². The predicted molar refractivity (Wildman–Crippen MR) is 87.6 cm³/mol. The summed E-state index contributed by atoms with van der Waals surface area (Å²) in [5.41, 5.74) is 1.17. The average Bonchev–Trinajstić information content (AvgIpc) is 2.54. The molecule has 0 fully saturated rings. The van der Waals surface area contributed by atoms with E-state index in [1.54, 1.807) is 14.2 Å². The minimum Gasteiger partial charge on any atom is -0.493 e. The molecule has 0 radical (unpaired) electrons. The van der Waals surface area contributed by atoms with E-state index < -0.39 is 11.9 Å². The van der Waals surface area contributed by atoms with Crippen molar-refractivity contribution in [1.82, 2.24) is 5.32 Å². The smallest absolute Gasteiger partial charge is 0.414 e. The third kappa shape index (κ3) is 8.96. The van der Waals surface area contributed by atoms with Crippen molar-refractivity contribution in [2.75, 3.05) is 27.4 Å². The van der Waals surface area contributed by atoms with E-state index >= 15 is 0 Å². The van der Waals surface area contributed by atoms with Crippen molar-refractivity contribution in [2.45, 2.75) is 26.4 Å². The Kier molecular flexibility index (Phi) is 11.0. The van der Waals surface area contributed by atoms with Crippen LogP contribution in [0.3, 0.4) is 0 Å². The van der Waals surface area contributed by atoms with Crippen LogP contribution in [-0.4, -0.2) is 55.6 Å². The van der Waals surface area contributed by atoms with Gasteiger partial charge in [-0.1, -0.05) is 6.07 Å². The van der Waals surface area contributed by atoms with E-state index in [0.717, 1.165) is 18.0 Å². The fraction of sp³-hybridized carbons (Fsp3) is 0.500. The molecule has 8 heteroatoms. The van der Waals surface area contributed by atoms with Gasteiger partial charge in [-0.2, -0.15) is 0 Å². The molecule has 0 bridgehead atoms. The van der Waals surface area contributed by atoms with Gasteiger partial charge < -0.3 is 29.7 Å². The van der Waals surface area contributed by atoms with Gasteiger partial charge in [0, 0.05) is 19.7 Å². The molecule has 0 aliphatic heterocycles. The van der Waals surface area contributed by atoms with Gasteiger partial charge in [-0.15, -0.1) is 0 Å². The highest BCUT2D eigenvalue weighted by atomic mass is 16.5. The molecule has 0 aromatic heterocycles. The predicted octanol–water partition coefficient (Wildman–Crippen LogP) is 1.37. The second-order valence-electron chi connectivity index (χ2n) is 4.77. The van der Waals surface area contributed by atoms with Crippen molar-refractivity contribution in [1.29, 1.82) is 0 Å². The third-order valence-electron chi connectivity index (χ3n) is 2.78. The molecule has 1 atom stereocenters. The fourth-order valence-electron chi connectivity index (χ4n) is 1.70. The Balaban J connectivity index is 0.000000754. The van der Waals surface area contributed by atoms with Crippen molar-refractivity contribution in [3.05, 3.63) is 23.8 Å². The van der Waals surface area contributed by atoms with Crippen LogP contribution in [-0.2, 0) is 20.9 Å². The average molecular weight is 343 g/mol. The van der Waals surface area contributed by atoms with Crippen LogP contribution in [0.4, 0.5) is 0 Å². The van der Waals surface area contributed by atoms with Gasteiger partial charge in [0.15, 0.2) is 11.5 Å².